The van der Waals surface area contributed by atoms with E-state index >= 15 is 0 Å². The number of ether oxygens (including phenoxy) is 1. The van der Waals surface area contributed by atoms with Crippen molar-refractivity contribution in [1.29, 1.82) is 0 Å². The van der Waals surface area contributed by atoms with Gasteiger partial charge in [0.15, 0.2) is 0 Å². The molecule has 0 spiro atoms. The molecule has 2 aliphatic heterocycles. The van der Waals surface area contributed by atoms with Gasteiger partial charge in [-0.2, -0.15) is 0 Å². The molecule has 3 heterocycles. The Hall–Kier alpha value is -5.41. The molecule has 1 atom stereocenters. The first-order valence-electron chi connectivity index (χ1n) is 20.3. The highest BCUT2D eigenvalue weighted by Crippen LogP contribution is 2.43. The Labute approximate surface area is 355 Å². The Morgan fingerprint density at radius 1 is 0.983 bits per heavy atom. The first-order valence-corrected chi connectivity index (χ1v) is 22.2. The second kappa shape index (κ2) is 16.9. The first kappa shape index (κ1) is 41.3. The Morgan fingerprint density at radius 2 is 1.77 bits per heavy atom. The molecular formula is C45H50ClN7O6S. The number of nitrogens with zero attached hydrogens (tertiary/aromatic N) is 4. The van der Waals surface area contributed by atoms with Gasteiger partial charge in [0, 0.05) is 85.3 Å². The van der Waals surface area contributed by atoms with Gasteiger partial charge in [-0.1, -0.05) is 43.2 Å². The standard InChI is InChI=1S/C45H50ClN7O6S/c1-45(2)17-14-32(39(27-45)30-4-6-33(46)7-5-30)28-51-20-22-52(23-21-51)35-8-11-38(43(25-35)59-36-9-12-40-31(24-36)15-18-47-40)44(54)49-60(57,58)37-10-13-41(42(26-37)53(55)56)48-34-16-19-50(3)29-34/h4-13,15,18,24-26,34,47-48H,14,16-17,19-23,27-29H2,1-3H3,(H,49,54)/t34-/m0/s1. The van der Waals surface area contributed by atoms with E-state index in [1.807, 2.05) is 43.6 Å². The molecule has 3 aliphatic rings. The van der Waals surface area contributed by atoms with Gasteiger partial charge in [-0.15, -0.1) is 0 Å². The molecule has 0 bridgehead atoms. The monoisotopic (exact) mass is 851 g/mol. The number of hydrogen-bond acceptors (Lipinski definition) is 10. The van der Waals surface area contributed by atoms with Gasteiger partial charge in [0.2, 0.25) is 0 Å². The molecule has 60 heavy (non-hydrogen) atoms. The molecule has 15 heteroatoms. The molecule has 2 saturated heterocycles. The lowest BCUT2D eigenvalue weighted by atomic mass is 9.72. The van der Waals surface area contributed by atoms with Gasteiger partial charge in [-0.05, 0) is 116 Å². The molecule has 314 valence electrons. The number of amides is 1. The van der Waals surface area contributed by atoms with Crippen LogP contribution in [-0.4, -0.2) is 92.9 Å². The molecule has 1 aromatic heterocycles. The van der Waals surface area contributed by atoms with Gasteiger partial charge in [0.25, 0.3) is 21.6 Å². The summed E-state index contributed by atoms with van der Waals surface area (Å²) < 4.78 is 35.8. The van der Waals surface area contributed by atoms with Gasteiger partial charge in [-0.3, -0.25) is 19.8 Å². The number of likely N-dealkylation sites (N-methyl/N-ethyl adjacent to an activating group) is 1. The van der Waals surface area contributed by atoms with E-state index in [1.165, 1.54) is 28.8 Å². The summed E-state index contributed by atoms with van der Waals surface area (Å²) in [7, 11) is -2.56. The largest absolute Gasteiger partial charge is 0.456 e. The summed E-state index contributed by atoms with van der Waals surface area (Å²) in [6.07, 6.45) is 5.84. The Bertz CT molecular complexity index is 2570. The second-order valence-electron chi connectivity index (χ2n) is 17.0. The number of piperazine rings is 1. The summed E-state index contributed by atoms with van der Waals surface area (Å²) in [4.78, 5) is 35.0. The first-order chi connectivity index (χ1) is 28.7. The number of nitro groups is 1. The number of hydrogen-bond donors (Lipinski definition) is 3. The van der Waals surface area contributed by atoms with E-state index in [-0.39, 0.29) is 28.5 Å². The van der Waals surface area contributed by atoms with Gasteiger partial charge in [-0.25, -0.2) is 13.1 Å². The van der Waals surface area contributed by atoms with E-state index < -0.39 is 31.4 Å². The number of sulfonamides is 1. The van der Waals surface area contributed by atoms with Crippen LogP contribution in [0.1, 0.15) is 55.5 Å². The van der Waals surface area contributed by atoms with Crippen LogP contribution in [0.3, 0.4) is 0 Å². The van der Waals surface area contributed by atoms with Crippen molar-refractivity contribution < 1.29 is 22.9 Å². The summed E-state index contributed by atoms with van der Waals surface area (Å²) in [5.41, 5.74) is 5.93. The number of allylic oxidation sites excluding steroid dienone is 1. The van der Waals surface area contributed by atoms with Crippen LogP contribution in [-0.2, 0) is 10.0 Å². The van der Waals surface area contributed by atoms with Crippen LogP contribution in [0.4, 0.5) is 17.1 Å². The summed E-state index contributed by atoms with van der Waals surface area (Å²) in [5.74, 6) is -0.288. The highest BCUT2D eigenvalue weighted by atomic mass is 35.5. The highest BCUT2D eigenvalue weighted by molar-refractivity contribution is 7.90. The molecule has 1 amide bonds. The van der Waals surface area contributed by atoms with E-state index in [0.29, 0.717) is 12.3 Å². The quantitative estimate of drug-likeness (QED) is 0.0823. The topological polar surface area (TPSA) is 153 Å². The van der Waals surface area contributed by atoms with E-state index in [1.54, 1.807) is 24.3 Å². The average Bonchev–Trinajstić information content (AvgIpc) is 3.87. The number of rotatable bonds is 12. The van der Waals surface area contributed by atoms with Crippen LogP contribution < -0.4 is 19.7 Å². The smallest absolute Gasteiger partial charge is 0.293 e. The second-order valence-corrected chi connectivity index (χ2v) is 19.1. The van der Waals surface area contributed by atoms with Crippen molar-refractivity contribution in [2.75, 3.05) is 63.1 Å². The molecule has 8 rings (SSSR count). The zero-order chi connectivity index (χ0) is 42.2. The lowest BCUT2D eigenvalue weighted by Gasteiger charge is -2.39. The van der Waals surface area contributed by atoms with Gasteiger partial charge in [0.1, 0.15) is 17.2 Å². The fraction of sp³-hybridized carbons (Fsp3) is 0.356. The number of nitro benzene ring substituents is 1. The summed E-state index contributed by atoms with van der Waals surface area (Å²) in [5, 5.41) is 16.9. The maximum absolute atomic E-state index is 13.9. The predicted molar refractivity (Wildman–Crippen MR) is 237 cm³/mol. The van der Waals surface area contributed by atoms with Crippen LogP contribution in [0, 0.1) is 15.5 Å². The molecule has 3 N–H and O–H groups in total. The van der Waals surface area contributed by atoms with Crippen LogP contribution in [0.2, 0.25) is 5.02 Å². The van der Waals surface area contributed by atoms with Crippen molar-refractivity contribution in [1.82, 2.24) is 19.5 Å². The SMILES string of the molecule is CN1CC[C@H](Nc2ccc(S(=O)(=O)NC(=O)c3ccc(N4CCN(CC5=C(c6ccc(Cl)cc6)CC(C)(C)CC5)CC4)cc3Oc3ccc4[nH]ccc4c3)cc2[N+](=O)[O-])C1. The van der Waals surface area contributed by atoms with Crippen molar-refractivity contribution in [2.45, 2.75) is 50.5 Å². The van der Waals surface area contributed by atoms with Gasteiger partial charge >= 0.3 is 0 Å². The normalized spacial score (nSPS) is 18.8. The molecule has 1 aliphatic carbocycles. The van der Waals surface area contributed by atoms with Crippen molar-refractivity contribution in [3.8, 4) is 11.5 Å². The molecule has 13 nitrogen and oxygen atoms in total. The number of H-pyrrole nitrogens is 1. The van der Waals surface area contributed by atoms with Gasteiger partial charge < -0.3 is 24.8 Å². The number of anilines is 2. The van der Waals surface area contributed by atoms with Crippen molar-refractivity contribution in [3.05, 3.63) is 123 Å². The highest BCUT2D eigenvalue weighted by Gasteiger charge is 2.31. The number of carbonyl (C=O) groups excluding carboxylic acids is 1. The zero-order valence-corrected chi connectivity index (χ0v) is 35.6. The molecule has 0 unspecified atom stereocenters. The zero-order valence-electron chi connectivity index (χ0n) is 34.0. The fourth-order valence-corrected chi connectivity index (χ4v) is 9.67. The number of halogens is 1. The molecule has 0 saturated carbocycles. The number of likely N-dealkylation sites (tertiary alicyclic amines) is 1. The van der Waals surface area contributed by atoms with Crippen LogP contribution in [0.25, 0.3) is 16.5 Å². The number of nitrogens with one attached hydrogen (secondary N) is 3. The maximum atomic E-state index is 13.9. The molecule has 0 radical (unpaired) electrons. The maximum Gasteiger partial charge on any atom is 0.293 e. The average molecular weight is 852 g/mol. The van der Waals surface area contributed by atoms with E-state index in [4.69, 9.17) is 16.3 Å². The van der Waals surface area contributed by atoms with Crippen molar-refractivity contribution in [2.24, 2.45) is 5.41 Å². The Balaban J connectivity index is 1.01. The number of fused-ring (bicyclic) bond motifs is 1. The van der Waals surface area contributed by atoms with Crippen LogP contribution >= 0.6 is 11.6 Å². The van der Waals surface area contributed by atoms with Gasteiger partial charge in [0.05, 0.1) is 15.4 Å². The lowest BCUT2D eigenvalue weighted by Crippen LogP contribution is -2.47. The third-order valence-corrected chi connectivity index (χ3v) is 13.5. The summed E-state index contributed by atoms with van der Waals surface area (Å²) in [6.45, 7) is 10.3. The van der Waals surface area contributed by atoms with Crippen LogP contribution in [0.15, 0.2) is 102 Å². The van der Waals surface area contributed by atoms with E-state index in [2.05, 4.69) is 55.7 Å². The third kappa shape index (κ3) is 9.31. The third-order valence-electron chi connectivity index (χ3n) is 11.9. The Morgan fingerprint density at radius 3 is 2.50 bits per heavy atom. The number of carbonyl (C=O) groups is 1. The van der Waals surface area contributed by atoms with Crippen LogP contribution in [0.5, 0.6) is 11.5 Å². The number of benzene rings is 4. The predicted octanol–water partition coefficient (Wildman–Crippen LogP) is 8.54. The Kier molecular flexibility index (Phi) is 11.7. The van der Waals surface area contributed by atoms with E-state index in [9.17, 15) is 23.3 Å². The number of aromatic amines is 1. The fourth-order valence-electron chi connectivity index (χ4n) is 8.56. The van der Waals surface area contributed by atoms with E-state index in [0.717, 1.165) is 92.6 Å². The molecular weight excluding hydrogens is 802 g/mol. The summed E-state index contributed by atoms with van der Waals surface area (Å²) in [6, 6.07) is 24.3. The number of aromatic nitrogens is 1. The van der Waals surface area contributed by atoms with Crippen molar-refractivity contribution >= 4 is 61.1 Å². The minimum atomic E-state index is -4.53. The minimum absolute atomic E-state index is 0.00449. The van der Waals surface area contributed by atoms with Crippen molar-refractivity contribution in [3.63, 3.8) is 0 Å². The molecule has 4 aromatic carbocycles. The minimum Gasteiger partial charge on any atom is -0.456 e. The molecule has 2 fully saturated rings. The lowest BCUT2D eigenvalue weighted by molar-refractivity contribution is -0.384. The summed E-state index contributed by atoms with van der Waals surface area (Å²) >= 11 is 6.24. The molecule has 5 aromatic rings.